The summed E-state index contributed by atoms with van der Waals surface area (Å²) in [5, 5.41) is 15.8. The molecule has 26 heavy (non-hydrogen) atoms. The van der Waals surface area contributed by atoms with Gasteiger partial charge in [-0.05, 0) is 18.1 Å². The van der Waals surface area contributed by atoms with E-state index in [0.717, 1.165) is 5.56 Å². The van der Waals surface area contributed by atoms with Crippen molar-refractivity contribution in [2.45, 2.75) is 19.1 Å². The second kappa shape index (κ2) is 7.54. The highest BCUT2D eigenvalue weighted by molar-refractivity contribution is 5.90. The van der Waals surface area contributed by atoms with Crippen molar-refractivity contribution in [1.82, 2.24) is 14.7 Å². The van der Waals surface area contributed by atoms with Gasteiger partial charge in [0.15, 0.2) is 5.60 Å². The molecule has 0 spiro atoms. The minimum atomic E-state index is -1.74. The molecule has 2 aromatic carbocycles. The van der Waals surface area contributed by atoms with Crippen molar-refractivity contribution in [1.29, 1.82) is 0 Å². The lowest BCUT2D eigenvalue weighted by atomic mass is 9.85. The number of carbonyl (C=O) groups excluding carboxylic acids is 1. The molecule has 0 saturated heterocycles. The van der Waals surface area contributed by atoms with E-state index in [1.807, 2.05) is 56.6 Å². The fraction of sp³-hybridized carbons (Fsp3) is 0.238. The number of hydrogen-bond donors (Lipinski definition) is 1. The Hall–Kier alpha value is -2.92. The number of nitrogens with zero attached hydrogens (tertiary/aromatic N) is 3. The summed E-state index contributed by atoms with van der Waals surface area (Å²) in [6, 6.07) is 18.2. The zero-order chi connectivity index (χ0) is 18.6. The van der Waals surface area contributed by atoms with Gasteiger partial charge < -0.3 is 10.0 Å². The molecule has 1 amide bonds. The molecule has 1 heterocycles. The van der Waals surface area contributed by atoms with Gasteiger partial charge in [-0.15, -0.1) is 0 Å². The third kappa shape index (κ3) is 3.39. The van der Waals surface area contributed by atoms with E-state index in [2.05, 4.69) is 5.10 Å². The van der Waals surface area contributed by atoms with E-state index in [1.165, 1.54) is 0 Å². The van der Waals surface area contributed by atoms with E-state index < -0.39 is 5.60 Å². The number of aliphatic hydroxyl groups is 1. The highest BCUT2D eigenvalue weighted by atomic mass is 16.3. The minimum Gasteiger partial charge on any atom is -0.372 e. The maximum absolute atomic E-state index is 13.5. The highest BCUT2D eigenvalue weighted by Gasteiger charge is 2.42. The Balaban J connectivity index is 2.02. The first-order chi connectivity index (χ1) is 12.6. The number of carbonyl (C=O) groups is 1. The second-order valence-corrected chi connectivity index (χ2v) is 6.28. The van der Waals surface area contributed by atoms with Crippen LogP contribution in [0.2, 0.25) is 0 Å². The first kappa shape index (κ1) is 17.9. The van der Waals surface area contributed by atoms with Crippen molar-refractivity contribution in [2.24, 2.45) is 7.05 Å². The van der Waals surface area contributed by atoms with E-state index in [0.29, 0.717) is 24.2 Å². The van der Waals surface area contributed by atoms with Crippen LogP contribution in [0.15, 0.2) is 73.1 Å². The van der Waals surface area contributed by atoms with Gasteiger partial charge in [0, 0.05) is 31.9 Å². The molecular formula is C21H23N3O2. The van der Waals surface area contributed by atoms with Crippen LogP contribution in [0.5, 0.6) is 0 Å². The summed E-state index contributed by atoms with van der Waals surface area (Å²) in [5.41, 5.74) is 0.300. The molecule has 0 unspecified atom stereocenters. The lowest BCUT2D eigenvalue weighted by molar-refractivity contribution is -0.148. The summed E-state index contributed by atoms with van der Waals surface area (Å²) in [6.07, 6.45) is 3.61. The van der Waals surface area contributed by atoms with E-state index in [9.17, 15) is 9.90 Å². The summed E-state index contributed by atoms with van der Waals surface area (Å²) in [7, 11) is 1.84. The van der Waals surface area contributed by atoms with E-state index in [4.69, 9.17) is 0 Å². The van der Waals surface area contributed by atoms with Crippen molar-refractivity contribution in [3.63, 3.8) is 0 Å². The van der Waals surface area contributed by atoms with Crippen molar-refractivity contribution >= 4 is 5.91 Å². The van der Waals surface area contributed by atoms with Crippen LogP contribution >= 0.6 is 0 Å². The second-order valence-electron chi connectivity index (χ2n) is 6.28. The summed E-state index contributed by atoms with van der Waals surface area (Å²) in [5.74, 6) is -0.346. The monoisotopic (exact) mass is 349 g/mol. The van der Waals surface area contributed by atoms with Crippen LogP contribution in [0, 0.1) is 0 Å². The van der Waals surface area contributed by atoms with Gasteiger partial charge in [0.1, 0.15) is 0 Å². The molecule has 0 bridgehead atoms. The molecule has 3 aromatic rings. The van der Waals surface area contributed by atoms with Gasteiger partial charge in [-0.1, -0.05) is 60.7 Å². The molecule has 1 aromatic heterocycles. The molecule has 5 heteroatoms. The minimum absolute atomic E-state index is 0.346. The molecule has 134 valence electrons. The van der Waals surface area contributed by atoms with Crippen LogP contribution < -0.4 is 0 Å². The number of rotatable bonds is 6. The summed E-state index contributed by atoms with van der Waals surface area (Å²) in [6.45, 7) is 2.78. The van der Waals surface area contributed by atoms with E-state index in [1.54, 1.807) is 40.0 Å². The van der Waals surface area contributed by atoms with Crippen LogP contribution in [0.3, 0.4) is 0 Å². The SMILES string of the molecule is CCN(Cc1cnn(C)c1)C(=O)C(O)(c1ccccc1)c1ccccc1. The van der Waals surface area contributed by atoms with E-state index in [-0.39, 0.29) is 5.91 Å². The number of aromatic nitrogens is 2. The van der Waals surface area contributed by atoms with E-state index >= 15 is 0 Å². The smallest absolute Gasteiger partial charge is 0.264 e. The molecule has 0 atom stereocenters. The van der Waals surface area contributed by atoms with Crippen molar-refractivity contribution in [2.75, 3.05) is 6.54 Å². The maximum atomic E-state index is 13.5. The molecule has 0 saturated carbocycles. The van der Waals surface area contributed by atoms with Crippen LogP contribution in [0.1, 0.15) is 23.6 Å². The molecule has 0 aliphatic heterocycles. The summed E-state index contributed by atoms with van der Waals surface area (Å²) < 4.78 is 1.70. The Morgan fingerprint density at radius 1 is 1.08 bits per heavy atom. The number of aryl methyl sites for hydroxylation is 1. The normalized spacial score (nSPS) is 11.3. The Bertz CT molecular complexity index is 820. The molecule has 0 radical (unpaired) electrons. The summed E-state index contributed by atoms with van der Waals surface area (Å²) >= 11 is 0. The fourth-order valence-electron chi connectivity index (χ4n) is 3.10. The lowest BCUT2D eigenvalue weighted by Gasteiger charge is -2.33. The van der Waals surface area contributed by atoms with Gasteiger partial charge in [-0.3, -0.25) is 9.48 Å². The lowest BCUT2D eigenvalue weighted by Crippen LogP contribution is -2.47. The molecule has 0 fully saturated rings. The van der Waals surface area contributed by atoms with Crippen LogP contribution in [0.4, 0.5) is 0 Å². The third-order valence-corrected chi connectivity index (χ3v) is 4.49. The zero-order valence-corrected chi connectivity index (χ0v) is 15.0. The maximum Gasteiger partial charge on any atom is 0.264 e. The van der Waals surface area contributed by atoms with Crippen LogP contribution in [0.25, 0.3) is 0 Å². The average Bonchev–Trinajstić information content (AvgIpc) is 3.11. The highest BCUT2D eigenvalue weighted by Crippen LogP contribution is 2.32. The Kier molecular flexibility index (Phi) is 5.19. The number of benzene rings is 2. The molecule has 0 aliphatic rings. The quantitative estimate of drug-likeness (QED) is 0.744. The molecule has 3 rings (SSSR count). The average molecular weight is 349 g/mol. The molecule has 5 nitrogen and oxygen atoms in total. The van der Waals surface area contributed by atoms with Crippen LogP contribution in [-0.4, -0.2) is 32.2 Å². The van der Waals surface area contributed by atoms with Gasteiger partial charge in [0.25, 0.3) is 5.91 Å². The van der Waals surface area contributed by atoms with Crippen LogP contribution in [-0.2, 0) is 24.0 Å². The topological polar surface area (TPSA) is 58.4 Å². The largest absolute Gasteiger partial charge is 0.372 e. The predicted molar refractivity (Wildman–Crippen MR) is 100 cm³/mol. The Morgan fingerprint density at radius 2 is 1.62 bits per heavy atom. The Morgan fingerprint density at radius 3 is 2.04 bits per heavy atom. The Labute approximate surface area is 153 Å². The van der Waals surface area contributed by atoms with Gasteiger partial charge in [0.2, 0.25) is 0 Å². The first-order valence-corrected chi connectivity index (χ1v) is 8.66. The molecular weight excluding hydrogens is 326 g/mol. The summed E-state index contributed by atoms with van der Waals surface area (Å²) in [4.78, 5) is 15.1. The van der Waals surface area contributed by atoms with Crippen molar-refractivity contribution in [3.8, 4) is 0 Å². The van der Waals surface area contributed by atoms with Crippen molar-refractivity contribution < 1.29 is 9.90 Å². The van der Waals surface area contributed by atoms with Gasteiger partial charge in [-0.25, -0.2) is 0 Å². The van der Waals surface area contributed by atoms with Gasteiger partial charge in [0.05, 0.1) is 6.20 Å². The number of hydrogen-bond acceptors (Lipinski definition) is 3. The fourth-order valence-corrected chi connectivity index (χ4v) is 3.10. The standard InChI is InChI=1S/C21H23N3O2/c1-3-24(16-17-14-22-23(2)15-17)20(25)21(26,18-10-6-4-7-11-18)19-12-8-5-9-13-19/h4-15,26H,3,16H2,1-2H3. The number of amides is 1. The molecule has 1 N–H and O–H groups in total. The molecule has 0 aliphatic carbocycles. The predicted octanol–water partition coefficient (Wildman–Crippen LogP) is 2.70. The first-order valence-electron chi connectivity index (χ1n) is 8.66. The number of likely N-dealkylation sites (N-methyl/N-ethyl adjacent to an activating group) is 1. The third-order valence-electron chi connectivity index (χ3n) is 4.49. The zero-order valence-electron chi connectivity index (χ0n) is 15.0. The van der Waals surface area contributed by atoms with Gasteiger partial charge >= 0.3 is 0 Å². The van der Waals surface area contributed by atoms with Crippen molar-refractivity contribution in [3.05, 3.63) is 89.7 Å². The van der Waals surface area contributed by atoms with Gasteiger partial charge in [-0.2, -0.15) is 5.10 Å².